The van der Waals surface area contributed by atoms with E-state index in [2.05, 4.69) is 17.4 Å². The standard InChI is InChI=1S/C12H13NO/c14-11-7-9-6-5-8-3-1-2-4-10(8)12(9)13-11/h5-6H,1-4,7H2,(H,13,14). The van der Waals surface area contributed by atoms with E-state index in [1.807, 2.05) is 0 Å². The van der Waals surface area contributed by atoms with Crippen LogP contribution >= 0.6 is 0 Å². The van der Waals surface area contributed by atoms with Crippen LogP contribution in [0.25, 0.3) is 0 Å². The molecule has 0 spiro atoms. The van der Waals surface area contributed by atoms with Gasteiger partial charge >= 0.3 is 0 Å². The SMILES string of the molecule is O=C1Cc2ccc3c(c2N1)CCCC3. The van der Waals surface area contributed by atoms with E-state index in [4.69, 9.17) is 0 Å². The number of hydrogen-bond acceptors (Lipinski definition) is 1. The highest BCUT2D eigenvalue weighted by molar-refractivity contribution is 6.00. The van der Waals surface area contributed by atoms with Crippen LogP contribution in [0.4, 0.5) is 5.69 Å². The summed E-state index contributed by atoms with van der Waals surface area (Å²) in [5.41, 5.74) is 5.17. The van der Waals surface area contributed by atoms with Crippen LogP contribution < -0.4 is 5.32 Å². The first-order chi connectivity index (χ1) is 6.84. The summed E-state index contributed by atoms with van der Waals surface area (Å²) in [5, 5.41) is 2.99. The van der Waals surface area contributed by atoms with Gasteiger partial charge in [-0.05, 0) is 42.4 Å². The van der Waals surface area contributed by atoms with E-state index in [-0.39, 0.29) is 5.91 Å². The fraction of sp³-hybridized carbons (Fsp3) is 0.417. The van der Waals surface area contributed by atoms with Gasteiger partial charge in [0.25, 0.3) is 0 Å². The number of carbonyl (C=O) groups is 1. The Bertz CT molecular complexity index is 409. The molecule has 3 rings (SSSR count). The molecule has 0 aromatic heterocycles. The van der Waals surface area contributed by atoms with E-state index in [1.165, 1.54) is 36.0 Å². The van der Waals surface area contributed by atoms with Crippen molar-refractivity contribution in [3.05, 3.63) is 28.8 Å². The summed E-state index contributed by atoms with van der Waals surface area (Å²) >= 11 is 0. The first-order valence-electron chi connectivity index (χ1n) is 5.28. The molecule has 1 amide bonds. The van der Waals surface area contributed by atoms with Crippen LogP contribution in [0.15, 0.2) is 12.1 Å². The van der Waals surface area contributed by atoms with Gasteiger partial charge in [0.05, 0.1) is 6.42 Å². The largest absolute Gasteiger partial charge is 0.325 e. The van der Waals surface area contributed by atoms with Gasteiger partial charge in [0.15, 0.2) is 0 Å². The van der Waals surface area contributed by atoms with Crippen LogP contribution in [-0.2, 0) is 24.1 Å². The second-order valence-electron chi connectivity index (χ2n) is 4.17. The molecule has 0 atom stereocenters. The Morgan fingerprint density at radius 2 is 1.86 bits per heavy atom. The summed E-state index contributed by atoms with van der Waals surface area (Å²) < 4.78 is 0. The Hall–Kier alpha value is -1.31. The summed E-state index contributed by atoms with van der Waals surface area (Å²) in [6.45, 7) is 0. The molecule has 1 aromatic rings. The molecule has 1 aliphatic carbocycles. The fourth-order valence-corrected chi connectivity index (χ4v) is 2.54. The van der Waals surface area contributed by atoms with Crippen molar-refractivity contribution in [1.29, 1.82) is 0 Å². The van der Waals surface area contributed by atoms with Crippen LogP contribution in [-0.4, -0.2) is 5.91 Å². The highest BCUT2D eigenvalue weighted by atomic mass is 16.1. The minimum atomic E-state index is 0.152. The quantitative estimate of drug-likeness (QED) is 0.661. The van der Waals surface area contributed by atoms with E-state index in [9.17, 15) is 4.79 Å². The van der Waals surface area contributed by atoms with Gasteiger partial charge in [-0.15, -0.1) is 0 Å². The van der Waals surface area contributed by atoms with Crippen molar-refractivity contribution < 1.29 is 4.79 Å². The molecule has 1 aromatic carbocycles. The van der Waals surface area contributed by atoms with Crippen molar-refractivity contribution in [3.8, 4) is 0 Å². The molecule has 1 N–H and O–H groups in total. The lowest BCUT2D eigenvalue weighted by Gasteiger charge is -2.18. The first-order valence-corrected chi connectivity index (χ1v) is 5.28. The maximum atomic E-state index is 11.3. The lowest BCUT2D eigenvalue weighted by atomic mass is 9.89. The average molecular weight is 187 g/mol. The molecule has 2 heteroatoms. The Balaban J connectivity index is 2.16. The zero-order valence-corrected chi connectivity index (χ0v) is 8.10. The van der Waals surface area contributed by atoms with Gasteiger partial charge in [0.1, 0.15) is 0 Å². The topological polar surface area (TPSA) is 29.1 Å². The number of nitrogens with one attached hydrogen (secondary N) is 1. The zero-order valence-electron chi connectivity index (χ0n) is 8.10. The third-order valence-corrected chi connectivity index (χ3v) is 3.23. The molecule has 0 fully saturated rings. The number of fused-ring (bicyclic) bond motifs is 3. The minimum Gasteiger partial charge on any atom is -0.325 e. The van der Waals surface area contributed by atoms with Gasteiger partial charge in [-0.1, -0.05) is 12.1 Å². The van der Waals surface area contributed by atoms with Gasteiger partial charge in [-0.3, -0.25) is 4.79 Å². The lowest BCUT2D eigenvalue weighted by Crippen LogP contribution is -2.08. The van der Waals surface area contributed by atoms with Crippen molar-refractivity contribution in [2.24, 2.45) is 0 Å². The van der Waals surface area contributed by atoms with Crippen LogP contribution in [0.1, 0.15) is 29.5 Å². The summed E-state index contributed by atoms with van der Waals surface area (Å²) in [6.07, 6.45) is 5.44. The van der Waals surface area contributed by atoms with Crippen molar-refractivity contribution in [2.45, 2.75) is 32.1 Å². The van der Waals surface area contributed by atoms with Crippen LogP contribution in [0.2, 0.25) is 0 Å². The molecule has 1 heterocycles. The molecule has 0 saturated carbocycles. The summed E-state index contributed by atoms with van der Waals surface area (Å²) in [6, 6.07) is 4.31. The van der Waals surface area contributed by atoms with Gasteiger partial charge in [-0.25, -0.2) is 0 Å². The number of benzene rings is 1. The zero-order chi connectivity index (χ0) is 9.54. The van der Waals surface area contributed by atoms with E-state index < -0.39 is 0 Å². The fourth-order valence-electron chi connectivity index (χ4n) is 2.54. The van der Waals surface area contributed by atoms with Gasteiger partial charge in [-0.2, -0.15) is 0 Å². The molecule has 0 saturated heterocycles. The molecule has 72 valence electrons. The Morgan fingerprint density at radius 3 is 2.79 bits per heavy atom. The maximum Gasteiger partial charge on any atom is 0.228 e. The summed E-state index contributed by atoms with van der Waals surface area (Å²) in [4.78, 5) is 11.3. The molecule has 2 nitrogen and oxygen atoms in total. The van der Waals surface area contributed by atoms with Crippen LogP contribution in [0, 0.1) is 0 Å². The maximum absolute atomic E-state index is 11.3. The number of amides is 1. The molecule has 1 aliphatic heterocycles. The van der Waals surface area contributed by atoms with Crippen molar-refractivity contribution in [3.63, 3.8) is 0 Å². The second-order valence-corrected chi connectivity index (χ2v) is 4.17. The minimum absolute atomic E-state index is 0.152. The molecule has 0 bridgehead atoms. The Labute approximate surface area is 83.3 Å². The van der Waals surface area contributed by atoms with Crippen molar-refractivity contribution >= 4 is 11.6 Å². The highest BCUT2D eigenvalue weighted by Crippen LogP contribution is 2.34. The number of carbonyl (C=O) groups excluding carboxylic acids is 1. The normalized spacial score (nSPS) is 18.7. The van der Waals surface area contributed by atoms with Crippen molar-refractivity contribution in [1.82, 2.24) is 0 Å². The molecule has 14 heavy (non-hydrogen) atoms. The lowest BCUT2D eigenvalue weighted by molar-refractivity contribution is -0.115. The summed E-state index contributed by atoms with van der Waals surface area (Å²) in [7, 11) is 0. The third kappa shape index (κ3) is 1.07. The van der Waals surface area contributed by atoms with Gasteiger partial charge in [0, 0.05) is 5.69 Å². The summed E-state index contributed by atoms with van der Waals surface area (Å²) in [5.74, 6) is 0.152. The van der Waals surface area contributed by atoms with Crippen LogP contribution in [0.3, 0.4) is 0 Å². The number of anilines is 1. The number of aryl methyl sites for hydroxylation is 1. The molecular formula is C12H13NO. The number of hydrogen-bond donors (Lipinski definition) is 1. The number of rotatable bonds is 0. The van der Waals surface area contributed by atoms with Gasteiger partial charge in [0.2, 0.25) is 5.91 Å². The predicted octanol–water partition coefficient (Wildman–Crippen LogP) is 2.06. The first kappa shape index (κ1) is 8.04. The van der Waals surface area contributed by atoms with Gasteiger partial charge < -0.3 is 5.32 Å². The molecule has 0 unspecified atom stereocenters. The third-order valence-electron chi connectivity index (χ3n) is 3.23. The van der Waals surface area contributed by atoms with E-state index in [1.54, 1.807) is 0 Å². The Kier molecular flexibility index (Phi) is 1.63. The molecule has 2 aliphatic rings. The Morgan fingerprint density at radius 1 is 1.07 bits per heavy atom. The van der Waals surface area contributed by atoms with E-state index >= 15 is 0 Å². The van der Waals surface area contributed by atoms with Crippen LogP contribution in [0.5, 0.6) is 0 Å². The molecule has 0 radical (unpaired) electrons. The monoisotopic (exact) mass is 187 g/mol. The average Bonchev–Trinajstić information content (AvgIpc) is 2.59. The molecular weight excluding hydrogens is 174 g/mol. The van der Waals surface area contributed by atoms with E-state index in [0.29, 0.717) is 6.42 Å². The van der Waals surface area contributed by atoms with Crippen molar-refractivity contribution in [2.75, 3.05) is 5.32 Å². The smallest absolute Gasteiger partial charge is 0.228 e. The highest BCUT2D eigenvalue weighted by Gasteiger charge is 2.23. The predicted molar refractivity (Wildman–Crippen MR) is 55.4 cm³/mol. The van der Waals surface area contributed by atoms with E-state index in [0.717, 1.165) is 12.1 Å². The second kappa shape index (κ2) is 2.84.